The van der Waals surface area contributed by atoms with Crippen LogP contribution in [0.3, 0.4) is 0 Å². The second-order valence-electron chi connectivity index (χ2n) is 4.38. The van der Waals surface area contributed by atoms with Crippen LogP contribution in [-0.4, -0.2) is 27.8 Å². The number of carbonyl (C=O) groups excluding carboxylic acids is 1. The fourth-order valence-corrected chi connectivity index (χ4v) is 2.11. The van der Waals surface area contributed by atoms with Crippen LogP contribution in [0.2, 0.25) is 5.02 Å². The van der Waals surface area contributed by atoms with Gasteiger partial charge in [0, 0.05) is 19.3 Å². The Labute approximate surface area is 126 Å². The Morgan fingerprint density at radius 1 is 1.33 bits per heavy atom. The fraction of sp³-hybridized carbons (Fsp3) is 0.143. The summed E-state index contributed by atoms with van der Waals surface area (Å²) in [5.41, 5.74) is 0.535. The molecule has 0 aliphatic rings. The minimum Gasteiger partial charge on any atom is -0.336 e. The van der Waals surface area contributed by atoms with Crippen LogP contribution in [0.25, 0.3) is 0 Å². The van der Waals surface area contributed by atoms with Crippen LogP contribution < -0.4 is 0 Å². The quantitative estimate of drug-likeness (QED) is 0.643. The lowest BCUT2D eigenvalue weighted by Gasteiger charge is -2.17. The third kappa shape index (κ3) is 3.35. The predicted octanol–water partition coefficient (Wildman–Crippen LogP) is 2.92. The smallest absolute Gasteiger partial charge is 0.288 e. The molecule has 108 valence electrons. The summed E-state index contributed by atoms with van der Waals surface area (Å²) in [6, 6.07) is 9.55. The zero-order valence-electron chi connectivity index (χ0n) is 11.2. The first-order chi connectivity index (χ1) is 10.0. The first kappa shape index (κ1) is 14.9. The predicted molar refractivity (Wildman–Crippen MR) is 78.1 cm³/mol. The molecule has 0 unspecified atom stereocenters. The van der Waals surface area contributed by atoms with E-state index in [2.05, 4.69) is 4.98 Å². The highest BCUT2D eigenvalue weighted by atomic mass is 35.5. The van der Waals surface area contributed by atoms with E-state index >= 15 is 0 Å². The molecule has 2 rings (SSSR count). The molecule has 7 heteroatoms. The van der Waals surface area contributed by atoms with E-state index < -0.39 is 10.8 Å². The lowest BCUT2D eigenvalue weighted by molar-refractivity contribution is -0.384. The number of hydrogen-bond donors (Lipinski definition) is 0. The number of nitro groups is 1. The van der Waals surface area contributed by atoms with Crippen LogP contribution in [0.5, 0.6) is 0 Å². The second kappa shape index (κ2) is 6.32. The molecule has 0 radical (unpaired) electrons. The van der Waals surface area contributed by atoms with Gasteiger partial charge in [0.2, 0.25) is 0 Å². The Kier molecular flexibility index (Phi) is 4.49. The topological polar surface area (TPSA) is 76.3 Å². The van der Waals surface area contributed by atoms with E-state index in [0.29, 0.717) is 6.54 Å². The van der Waals surface area contributed by atoms with Gasteiger partial charge >= 0.3 is 0 Å². The molecular weight excluding hydrogens is 294 g/mol. The van der Waals surface area contributed by atoms with Gasteiger partial charge in [0.25, 0.3) is 11.6 Å². The molecule has 0 atom stereocenters. The minimum atomic E-state index is -0.613. The number of benzene rings is 1. The molecule has 0 spiro atoms. The Bertz CT molecular complexity index is 676. The maximum absolute atomic E-state index is 12.3. The summed E-state index contributed by atoms with van der Waals surface area (Å²) in [4.78, 5) is 28.1. The molecule has 2 aromatic rings. The Balaban J connectivity index is 2.24. The highest BCUT2D eigenvalue weighted by molar-refractivity contribution is 6.35. The number of nitro benzene ring substituents is 1. The Morgan fingerprint density at radius 3 is 2.71 bits per heavy atom. The van der Waals surface area contributed by atoms with Crippen LogP contribution in [0, 0.1) is 10.1 Å². The SMILES string of the molecule is CN(Cc1ccccn1)C(=O)c1cccc([N+](=O)[O-])c1Cl. The lowest BCUT2D eigenvalue weighted by Crippen LogP contribution is -2.27. The van der Waals surface area contributed by atoms with Crippen LogP contribution in [-0.2, 0) is 6.54 Å². The summed E-state index contributed by atoms with van der Waals surface area (Å²) in [5, 5.41) is 10.7. The molecule has 21 heavy (non-hydrogen) atoms. The molecule has 0 saturated heterocycles. The van der Waals surface area contributed by atoms with E-state index in [1.807, 2.05) is 6.07 Å². The molecule has 0 fully saturated rings. The van der Waals surface area contributed by atoms with Crippen molar-refractivity contribution < 1.29 is 9.72 Å². The first-order valence-corrected chi connectivity index (χ1v) is 6.46. The standard InChI is InChI=1S/C14H12ClN3O3/c1-17(9-10-5-2-3-8-16-10)14(19)11-6-4-7-12(13(11)15)18(20)21/h2-8H,9H2,1H3. The number of halogens is 1. The van der Waals surface area contributed by atoms with Gasteiger partial charge in [-0.2, -0.15) is 0 Å². The summed E-state index contributed by atoms with van der Waals surface area (Å²) in [6.07, 6.45) is 1.63. The lowest BCUT2D eigenvalue weighted by atomic mass is 10.1. The molecule has 0 bridgehead atoms. The van der Waals surface area contributed by atoms with Gasteiger partial charge in [-0.15, -0.1) is 0 Å². The number of amides is 1. The Hall–Kier alpha value is -2.47. The van der Waals surface area contributed by atoms with Gasteiger partial charge in [0.1, 0.15) is 5.02 Å². The summed E-state index contributed by atoms with van der Waals surface area (Å²) < 4.78 is 0. The number of rotatable bonds is 4. The van der Waals surface area contributed by atoms with Crippen molar-refractivity contribution in [2.45, 2.75) is 6.54 Å². The van der Waals surface area contributed by atoms with Crippen molar-refractivity contribution >= 4 is 23.2 Å². The average Bonchev–Trinajstić information content (AvgIpc) is 2.47. The zero-order chi connectivity index (χ0) is 15.4. The largest absolute Gasteiger partial charge is 0.336 e. The third-order valence-electron chi connectivity index (χ3n) is 2.88. The molecule has 6 nitrogen and oxygen atoms in total. The molecule has 0 saturated carbocycles. The van der Waals surface area contributed by atoms with Crippen LogP contribution in [0.1, 0.15) is 16.1 Å². The van der Waals surface area contributed by atoms with Crippen LogP contribution in [0.15, 0.2) is 42.6 Å². The Morgan fingerprint density at radius 2 is 2.10 bits per heavy atom. The van der Waals surface area contributed by atoms with E-state index in [1.165, 1.54) is 23.1 Å². The molecule has 1 aromatic heterocycles. The van der Waals surface area contributed by atoms with Gasteiger partial charge in [-0.25, -0.2) is 0 Å². The van der Waals surface area contributed by atoms with E-state index in [1.54, 1.807) is 25.4 Å². The van der Waals surface area contributed by atoms with E-state index in [9.17, 15) is 14.9 Å². The monoisotopic (exact) mass is 305 g/mol. The van der Waals surface area contributed by atoms with Crippen molar-refractivity contribution in [2.24, 2.45) is 0 Å². The zero-order valence-corrected chi connectivity index (χ0v) is 11.9. The van der Waals surface area contributed by atoms with Crippen LogP contribution in [0.4, 0.5) is 5.69 Å². The molecule has 1 amide bonds. The maximum atomic E-state index is 12.3. The fourth-order valence-electron chi connectivity index (χ4n) is 1.84. The van der Waals surface area contributed by atoms with Crippen molar-refractivity contribution in [1.29, 1.82) is 0 Å². The van der Waals surface area contributed by atoms with E-state index in [0.717, 1.165) is 5.69 Å². The number of hydrogen-bond acceptors (Lipinski definition) is 4. The van der Waals surface area contributed by atoms with Crippen molar-refractivity contribution in [2.75, 3.05) is 7.05 Å². The highest BCUT2D eigenvalue weighted by Crippen LogP contribution is 2.28. The molecule has 0 aliphatic heterocycles. The summed E-state index contributed by atoms with van der Waals surface area (Å²) >= 11 is 5.94. The number of nitrogens with zero attached hydrogens (tertiary/aromatic N) is 3. The van der Waals surface area contributed by atoms with Crippen molar-refractivity contribution in [3.05, 3.63) is 69.0 Å². The van der Waals surface area contributed by atoms with Gasteiger partial charge in [0.15, 0.2) is 0 Å². The molecule has 0 aliphatic carbocycles. The summed E-state index contributed by atoms with van der Waals surface area (Å²) in [6.45, 7) is 0.290. The molecule has 0 N–H and O–H groups in total. The maximum Gasteiger partial charge on any atom is 0.288 e. The highest BCUT2D eigenvalue weighted by Gasteiger charge is 2.22. The molecule has 1 heterocycles. The van der Waals surface area contributed by atoms with Gasteiger partial charge in [-0.1, -0.05) is 23.7 Å². The van der Waals surface area contributed by atoms with Gasteiger partial charge in [0.05, 0.1) is 22.7 Å². The summed E-state index contributed by atoms with van der Waals surface area (Å²) in [7, 11) is 1.59. The first-order valence-electron chi connectivity index (χ1n) is 6.09. The number of aromatic nitrogens is 1. The van der Waals surface area contributed by atoms with Gasteiger partial charge in [-0.3, -0.25) is 19.9 Å². The average molecular weight is 306 g/mol. The van der Waals surface area contributed by atoms with Crippen molar-refractivity contribution in [1.82, 2.24) is 9.88 Å². The van der Waals surface area contributed by atoms with E-state index in [4.69, 9.17) is 11.6 Å². The van der Waals surface area contributed by atoms with Crippen LogP contribution >= 0.6 is 11.6 Å². The third-order valence-corrected chi connectivity index (χ3v) is 3.27. The van der Waals surface area contributed by atoms with Crippen molar-refractivity contribution in [3.8, 4) is 0 Å². The second-order valence-corrected chi connectivity index (χ2v) is 4.76. The summed E-state index contributed by atoms with van der Waals surface area (Å²) in [5.74, 6) is -0.394. The van der Waals surface area contributed by atoms with Gasteiger partial charge in [-0.05, 0) is 18.2 Å². The molecule has 1 aromatic carbocycles. The minimum absolute atomic E-state index is 0.101. The number of carbonyl (C=O) groups is 1. The van der Waals surface area contributed by atoms with E-state index in [-0.39, 0.29) is 16.3 Å². The normalized spacial score (nSPS) is 10.2. The molecular formula is C14H12ClN3O3. The number of pyridine rings is 1. The van der Waals surface area contributed by atoms with Crippen molar-refractivity contribution in [3.63, 3.8) is 0 Å². The van der Waals surface area contributed by atoms with Gasteiger partial charge < -0.3 is 4.90 Å².